The lowest BCUT2D eigenvalue weighted by molar-refractivity contribution is 1.15. The van der Waals surface area contributed by atoms with Crippen molar-refractivity contribution in [3.63, 3.8) is 0 Å². The highest BCUT2D eigenvalue weighted by atomic mass is 32.2. The molecule has 0 radical (unpaired) electrons. The zero-order chi connectivity index (χ0) is 9.97. The van der Waals surface area contributed by atoms with Crippen molar-refractivity contribution in [2.24, 2.45) is 0 Å². The summed E-state index contributed by atoms with van der Waals surface area (Å²) in [6.07, 6.45) is 5.19. The molecule has 0 fully saturated rings. The minimum atomic E-state index is 1.07. The second kappa shape index (κ2) is 3.96. The molecular weight excluding hydrogens is 192 g/mol. The summed E-state index contributed by atoms with van der Waals surface area (Å²) in [4.78, 5) is 3.27. The first-order valence-corrected chi connectivity index (χ1v) is 5.96. The molecule has 2 rings (SSSR count). The lowest BCUT2D eigenvalue weighted by Crippen LogP contribution is -1.84. The van der Waals surface area contributed by atoms with E-state index in [0.717, 1.165) is 6.42 Å². The smallest absolute Gasteiger partial charge is 0.0458 e. The van der Waals surface area contributed by atoms with E-state index >= 15 is 0 Å². The summed E-state index contributed by atoms with van der Waals surface area (Å²) >= 11 is 1.62. The van der Waals surface area contributed by atoms with Gasteiger partial charge in [0.15, 0.2) is 0 Å². The Hall–Kier alpha value is -1.09. The van der Waals surface area contributed by atoms with Crippen molar-refractivity contribution in [3.05, 3.63) is 30.0 Å². The third-order valence-corrected chi connectivity index (χ3v) is 2.81. The lowest BCUT2D eigenvalue weighted by Gasteiger charge is -2.02. The Morgan fingerprint density at radius 2 is 2.29 bits per heavy atom. The SMILES string of the molecule is CCc1c[nH]c2ccc(NSC)cc12. The van der Waals surface area contributed by atoms with Crippen LogP contribution >= 0.6 is 11.9 Å². The Labute approximate surface area is 88.2 Å². The number of rotatable bonds is 3. The van der Waals surface area contributed by atoms with Crippen molar-refractivity contribution in [3.8, 4) is 0 Å². The van der Waals surface area contributed by atoms with Gasteiger partial charge in [-0.1, -0.05) is 18.9 Å². The molecule has 1 aromatic carbocycles. The zero-order valence-corrected chi connectivity index (χ0v) is 9.24. The average Bonchev–Trinajstić information content (AvgIpc) is 2.60. The van der Waals surface area contributed by atoms with Gasteiger partial charge in [-0.15, -0.1) is 0 Å². The molecule has 2 N–H and O–H groups in total. The molecule has 1 heterocycles. The number of hydrogen-bond acceptors (Lipinski definition) is 2. The molecule has 0 amide bonds. The van der Waals surface area contributed by atoms with Crippen molar-refractivity contribution < 1.29 is 0 Å². The summed E-state index contributed by atoms with van der Waals surface area (Å²) in [6, 6.07) is 6.41. The van der Waals surface area contributed by atoms with Crippen molar-refractivity contribution in [2.75, 3.05) is 11.0 Å². The molecule has 2 nitrogen and oxygen atoms in total. The number of benzene rings is 1. The fraction of sp³-hybridized carbons (Fsp3) is 0.273. The maximum absolute atomic E-state index is 3.27. The van der Waals surface area contributed by atoms with Gasteiger partial charge in [0.2, 0.25) is 0 Å². The summed E-state index contributed by atoms with van der Waals surface area (Å²) in [6.45, 7) is 2.18. The highest BCUT2D eigenvalue weighted by Crippen LogP contribution is 2.23. The number of aromatic nitrogens is 1. The maximum atomic E-state index is 3.27. The van der Waals surface area contributed by atoms with Crippen LogP contribution in [0.15, 0.2) is 24.4 Å². The molecule has 0 saturated heterocycles. The first-order valence-electron chi connectivity index (χ1n) is 4.74. The van der Waals surface area contributed by atoms with E-state index in [4.69, 9.17) is 0 Å². The van der Waals surface area contributed by atoms with Crippen molar-refractivity contribution in [1.29, 1.82) is 0 Å². The van der Waals surface area contributed by atoms with E-state index in [-0.39, 0.29) is 0 Å². The Kier molecular flexibility index (Phi) is 2.68. The Morgan fingerprint density at radius 1 is 1.43 bits per heavy atom. The summed E-state index contributed by atoms with van der Waals surface area (Å²) in [5.41, 5.74) is 3.76. The summed E-state index contributed by atoms with van der Waals surface area (Å²) in [5, 5.41) is 1.33. The van der Waals surface area contributed by atoms with Crippen LogP contribution in [0.5, 0.6) is 0 Å². The fourth-order valence-corrected chi connectivity index (χ4v) is 2.01. The van der Waals surface area contributed by atoms with Crippen LogP contribution in [0.2, 0.25) is 0 Å². The minimum absolute atomic E-state index is 1.07. The van der Waals surface area contributed by atoms with Crippen LogP contribution < -0.4 is 4.72 Å². The van der Waals surface area contributed by atoms with Gasteiger partial charge in [-0.2, -0.15) is 0 Å². The number of anilines is 1. The van der Waals surface area contributed by atoms with E-state index in [2.05, 4.69) is 41.0 Å². The number of hydrogen-bond donors (Lipinski definition) is 2. The Bertz CT molecular complexity index is 434. The van der Waals surface area contributed by atoms with E-state index in [1.54, 1.807) is 11.9 Å². The predicted octanol–water partition coefficient (Wildman–Crippen LogP) is 3.42. The number of aromatic amines is 1. The van der Waals surface area contributed by atoms with Gasteiger partial charge in [-0.05, 0) is 30.2 Å². The molecule has 74 valence electrons. The fourth-order valence-electron chi connectivity index (χ4n) is 1.65. The van der Waals surface area contributed by atoms with Crippen LogP contribution in [0.25, 0.3) is 10.9 Å². The number of H-pyrrole nitrogens is 1. The average molecular weight is 206 g/mol. The monoisotopic (exact) mass is 206 g/mol. The van der Waals surface area contributed by atoms with E-state index in [1.165, 1.54) is 22.2 Å². The molecule has 0 bridgehead atoms. The van der Waals surface area contributed by atoms with Crippen LogP contribution in [0, 0.1) is 0 Å². The largest absolute Gasteiger partial charge is 0.361 e. The summed E-state index contributed by atoms with van der Waals surface area (Å²) in [5.74, 6) is 0. The number of aryl methyl sites for hydroxylation is 1. The van der Waals surface area contributed by atoms with Crippen LogP contribution in [0.1, 0.15) is 12.5 Å². The second-order valence-electron chi connectivity index (χ2n) is 3.23. The molecule has 2 aromatic rings. The van der Waals surface area contributed by atoms with E-state index in [1.807, 2.05) is 6.26 Å². The van der Waals surface area contributed by atoms with Gasteiger partial charge in [0, 0.05) is 29.0 Å². The minimum Gasteiger partial charge on any atom is -0.361 e. The molecule has 0 aliphatic heterocycles. The zero-order valence-electron chi connectivity index (χ0n) is 8.42. The van der Waals surface area contributed by atoms with Crippen molar-refractivity contribution >= 4 is 28.5 Å². The van der Waals surface area contributed by atoms with Gasteiger partial charge in [-0.3, -0.25) is 0 Å². The molecule has 0 saturated carbocycles. The van der Waals surface area contributed by atoms with Gasteiger partial charge in [0.25, 0.3) is 0 Å². The van der Waals surface area contributed by atoms with Crippen molar-refractivity contribution in [1.82, 2.24) is 4.98 Å². The first kappa shape index (κ1) is 9.46. The van der Waals surface area contributed by atoms with E-state index in [9.17, 15) is 0 Å². The highest BCUT2D eigenvalue weighted by Gasteiger charge is 2.02. The normalized spacial score (nSPS) is 10.7. The molecule has 3 heteroatoms. The summed E-state index contributed by atoms with van der Waals surface area (Å²) < 4.78 is 3.24. The van der Waals surface area contributed by atoms with Crippen LogP contribution in [-0.4, -0.2) is 11.2 Å². The van der Waals surface area contributed by atoms with Gasteiger partial charge in [0.05, 0.1) is 0 Å². The van der Waals surface area contributed by atoms with Gasteiger partial charge in [-0.25, -0.2) is 0 Å². The second-order valence-corrected chi connectivity index (χ2v) is 3.85. The molecule has 0 atom stereocenters. The van der Waals surface area contributed by atoms with Crippen LogP contribution in [0.4, 0.5) is 5.69 Å². The third kappa shape index (κ3) is 1.60. The molecule has 14 heavy (non-hydrogen) atoms. The van der Waals surface area contributed by atoms with Gasteiger partial charge >= 0.3 is 0 Å². The molecule has 0 aliphatic carbocycles. The lowest BCUT2D eigenvalue weighted by atomic mass is 10.1. The molecule has 1 aromatic heterocycles. The van der Waals surface area contributed by atoms with Gasteiger partial charge in [0.1, 0.15) is 0 Å². The van der Waals surface area contributed by atoms with Crippen molar-refractivity contribution in [2.45, 2.75) is 13.3 Å². The number of nitrogens with one attached hydrogen (secondary N) is 2. The molecule has 0 spiro atoms. The van der Waals surface area contributed by atoms with Gasteiger partial charge < -0.3 is 9.71 Å². The molecule has 0 unspecified atom stereocenters. The topological polar surface area (TPSA) is 27.8 Å². The quantitative estimate of drug-likeness (QED) is 0.753. The third-order valence-electron chi connectivity index (χ3n) is 2.37. The van der Waals surface area contributed by atoms with E-state index < -0.39 is 0 Å². The first-order chi connectivity index (χ1) is 6.85. The van der Waals surface area contributed by atoms with Crippen LogP contribution in [0.3, 0.4) is 0 Å². The maximum Gasteiger partial charge on any atom is 0.0458 e. The standard InChI is InChI=1S/C11H14N2S/c1-3-8-7-12-11-5-4-9(13-14-2)6-10(8)11/h4-7,12-13H,3H2,1-2H3. The summed E-state index contributed by atoms with van der Waals surface area (Å²) in [7, 11) is 0. The molecule has 0 aliphatic rings. The number of fused-ring (bicyclic) bond motifs is 1. The van der Waals surface area contributed by atoms with Crippen LogP contribution in [-0.2, 0) is 6.42 Å². The molecular formula is C11H14N2S. The highest BCUT2D eigenvalue weighted by molar-refractivity contribution is 7.99. The predicted molar refractivity (Wildman–Crippen MR) is 64.8 cm³/mol. The van der Waals surface area contributed by atoms with E-state index in [0.29, 0.717) is 0 Å². The Balaban J connectivity index is 2.50. The Morgan fingerprint density at radius 3 is 3.00 bits per heavy atom.